The molecule has 0 radical (unpaired) electrons. The van der Waals surface area contributed by atoms with E-state index in [9.17, 15) is 0 Å². The summed E-state index contributed by atoms with van der Waals surface area (Å²) >= 11 is 7.68. The molecule has 0 amide bonds. The van der Waals surface area contributed by atoms with Crippen LogP contribution in [0.1, 0.15) is 11.1 Å². The van der Waals surface area contributed by atoms with Gasteiger partial charge >= 0.3 is 0 Å². The molecule has 1 aliphatic rings. The lowest BCUT2D eigenvalue weighted by Gasteiger charge is -2.08. The van der Waals surface area contributed by atoms with Gasteiger partial charge in [0, 0.05) is 19.5 Å². The van der Waals surface area contributed by atoms with Crippen molar-refractivity contribution in [3.63, 3.8) is 0 Å². The highest BCUT2D eigenvalue weighted by Crippen LogP contribution is 2.57. The fraction of sp³-hybridized carbons (Fsp3) is 0.0909. The summed E-state index contributed by atoms with van der Waals surface area (Å²) in [5, 5.41) is 0. The van der Waals surface area contributed by atoms with Gasteiger partial charge in [-0.3, -0.25) is 0 Å². The van der Waals surface area contributed by atoms with E-state index < -0.39 is 0 Å². The highest BCUT2D eigenvalue weighted by Gasteiger charge is 2.23. The average Bonchev–Trinajstić information content (AvgIpc) is 3.23. The molecule has 3 heterocycles. The first-order valence-corrected chi connectivity index (χ1v) is 11.7. The minimum Gasteiger partial charge on any atom is -0.127 e. The molecular formula is C22H16S4. The van der Waals surface area contributed by atoms with E-state index in [0.29, 0.717) is 0 Å². The highest BCUT2D eigenvalue weighted by molar-refractivity contribution is 8.07. The Hall–Kier alpha value is -1.46. The quantitative estimate of drug-likeness (QED) is 0.288. The van der Waals surface area contributed by atoms with E-state index in [1.807, 2.05) is 46.2 Å². The van der Waals surface area contributed by atoms with Gasteiger partial charge in [0.1, 0.15) is 0 Å². The maximum atomic E-state index is 2.36. The molecule has 2 aromatic carbocycles. The van der Waals surface area contributed by atoms with Crippen LogP contribution in [0.4, 0.5) is 0 Å². The van der Waals surface area contributed by atoms with Crippen LogP contribution in [-0.2, 0) is 0 Å². The number of thiophene rings is 2. The van der Waals surface area contributed by atoms with Crippen LogP contribution >= 0.6 is 46.2 Å². The normalized spacial score (nSPS) is 12.7. The predicted octanol–water partition coefficient (Wildman–Crippen LogP) is 8.38. The first-order chi connectivity index (χ1) is 12.7. The third kappa shape index (κ3) is 3.05. The SMILES string of the molecule is Cc1ccc(-c2cc3c(s2)Sc2cc(-c4ccc(C)cc4)sc2S3)cc1. The zero-order valence-corrected chi connectivity index (χ0v) is 17.7. The average molecular weight is 409 g/mol. The van der Waals surface area contributed by atoms with Crippen LogP contribution in [0.15, 0.2) is 78.9 Å². The molecule has 0 spiro atoms. The van der Waals surface area contributed by atoms with E-state index in [1.54, 1.807) is 0 Å². The summed E-state index contributed by atoms with van der Waals surface area (Å²) in [6.45, 7) is 4.27. The second-order valence-electron chi connectivity index (χ2n) is 6.46. The summed E-state index contributed by atoms with van der Waals surface area (Å²) < 4.78 is 2.85. The van der Waals surface area contributed by atoms with Crippen molar-refractivity contribution in [1.82, 2.24) is 0 Å². The zero-order chi connectivity index (χ0) is 17.7. The number of benzene rings is 2. The first-order valence-electron chi connectivity index (χ1n) is 8.43. The van der Waals surface area contributed by atoms with Crippen LogP contribution in [0.3, 0.4) is 0 Å². The van der Waals surface area contributed by atoms with Gasteiger partial charge in [-0.1, -0.05) is 83.2 Å². The van der Waals surface area contributed by atoms with E-state index in [4.69, 9.17) is 0 Å². The molecule has 4 heteroatoms. The first kappa shape index (κ1) is 16.7. The highest BCUT2D eigenvalue weighted by atomic mass is 32.2. The molecule has 0 aliphatic carbocycles. The summed E-state index contributed by atoms with van der Waals surface area (Å²) in [6.07, 6.45) is 0. The molecule has 2 aromatic heterocycles. The Labute approximate surface area is 170 Å². The van der Waals surface area contributed by atoms with Gasteiger partial charge in [0.25, 0.3) is 0 Å². The number of hydrogen-bond donors (Lipinski definition) is 0. The summed E-state index contributed by atoms with van der Waals surface area (Å²) in [5.74, 6) is 0. The van der Waals surface area contributed by atoms with Crippen molar-refractivity contribution in [2.45, 2.75) is 32.1 Å². The molecule has 0 atom stereocenters. The topological polar surface area (TPSA) is 0 Å². The summed E-state index contributed by atoms with van der Waals surface area (Å²) in [4.78, 5) is 5.54. The van der Waals surface area contributed by atoms with Crippen LogP contribution in [-0.4, -0.2) is 0 Å². The Kier molecular flexibility index (Phi) is 4.24. The maximum absolute atomic E-state index is 2.36. The molecule has 0 saturated carbocycles. The second-order valence-corrected chi connectivity index (χ2v) is 11.2. The van der Waals surface area contributed by atoms with E-state index in [2.05, 4.69) is 74.5 Å². The predicted molar refractivity (Wildman–Crippen MR) is 117 cm³/mol. The molecule has 0 N–H and O–H groups in total. The van der Waals surface area contributed by atoms with Gasteiger partial charge in [0.05, 0.1) is 8.42 Å². The van der Waals surface area contributed by atoms with Crippen LogP contribution in [0.2, 0.25) is 0 Å². The summed E-state index contributed by atoms with van der Waals surface area (Å²) in [5.41, 5.74) is 5.26. The van der Waals surface area contributed by atoms with Crippen molar-refractivity contribution in [1.29, 1.82) is 0 Å². The largest absolute Gasteiger partial charge is 0.127 e. The second kappa shape index (κ2) is 6.61. The van der Waals surface area contributed by atoms with Gasteiger partial charge in [-0.05, 0) is 37.1 Å². The number of hydrogen-bond acceptors (Lipinski definition) is 4. The maximum Gasteiger partial charge on any atom is 0.0793 e. The van der Waals surface area contributed by atoms with Crippen molar-refractivity contribution in [2.75, 3.05) is 0 Å². The number of rotatable bonds is 2. The number of fused-ring (bicyclic) bond motifs is 2. The fourth-order valence-electron chi connectivity index (χ4n) is 2.92. The monoisotopic (exact) mass is 408 g/mol. The van der Waals surface area contributed by atoms with Gasteiger partial charge in [-0.2, -0.15) is 0 Å². The van der Waals surface area contributed by atoms with Gasteiger partial charge in [0.15, 0.2) is 0 Å². The smallest absolute Gasteiger partial charge is 0.0793 e. The molecule has 1 aliphatic heterocycles. The van der Waals surface area contributed by atoms with E-state index >= 15 is 0 Å². The summed E-state index contributed by atoms with van der Waals surface area (Å²) in [7, 11) is 0. The molecule has 5 rings (SSSR count). The minimum atomic E-state index is 1.31. The fourth-order valence-corrected chi connectivity index (χ4v) is 8.30. The Morgan fingerprint density at radius 3 is 1.31 bits per heavy atom. The van der Waals surface area contributed by atoms with E-state index in [-0.39, 0.29) is 0 Å². The van der Waals surface area contributed by atoms with Crippen molar-refractivity contribution in [3.8, 4) is 20.9 Å². The minimum absolute atomic E-state index is 1.31. The van der Waals surface area contributed by atoms with Gasteiger partial charge in [-0.15, -0.1) is 22.7 Å². The molecule has 0 fully saturated rings. The zero-order valence-electron chi connectivity index (χ0n) is 14.4. The van der Waals surface area contributed by atoms with E-state index in [0.717, 1.165) is 0 Å². The Morgan fingerprint density at radius 2 is 0.923 bits per heavy atom. The molecule has 0 bridgehead atoms. The lowest BCUT2D eigenvalue weighted by molar-refractivity contribution is 1.29. The third-order valence-corrected chi connectivity index (χ3v) is 9.78. The van der Waals surface area contributed by atoms with Crippen molar-refractivity contribution < 1.29 is 0 Å². The molecule has 26 heavy (non-hydrogen) atoms. The Bertz CT molecular complexity index is 954. The van der Waals surface area contributed by atoms with Gasteiger partial charge < -0.3 is 0 Å². The summed E-state index contributed by atoms with van der Waals surface area (Å²) in [6, 6.07) is 22.4. The van der Waals surface area contributed by atoms with Crippen LogP contribution in [0, 0.1) is 13.8 Å². The molecule has 0 unspecified atom stereocenters. The van der Waals surface area contributed by atoms with Crippen LogP contribution < -0.4 is 0 Å². The Morgan fingerprint density at radius 1 is 0.538 bits per heavy atom. The lowest BCUT2D eigenvalue weighted by Crippen LogP contribution is -1.77. The van der Waals surface area contributed by atoms with E-state index in [1.165, 1.54) is 50.2 Å². The van der Waals surface area contributed by atoms with Crippen LogP contribution in [0.25, 0.3) is 20.9 Å². The van der Waals surface area contributed by atoms with Crippen molar-refractivity contribution >= 4 is 46.2 Å². The molecule has 0 saturated heterocycles. The van der Waals surface area contributed by atoms with Gasteiger partial charge in [-0.25, -0.2) is 0 Å². The standard InChI is InChI=1S/C22H16S4/c1-13-3-7-15(8-4-13)17-11-19-21(23-17)26-20-12-18(24-22(20)25-19)16-9-5-14(2)6-10-16/h3-12H,1-2H3. The molecule has 128 valence electrons. The van der Waals surface area contributed by atoms with Crippen molar-refractivity contribution in [2.24, 2.45) is 0 Å². The molecule has 0 nitrogen and oxygen atoms in total. The third-order valence-electron chi connectivity index (χ3n) is 4.41. The molecular weight excluding hydrogens is 393 g/mol. The van der Waals surface area contributed by atoms with Crippen molar-refractivity contribution in [3.05, 3.63) is 71.8 Å². The Balaban J connectivity index is 1.46. The van der Waals surface area contributed by atoms with Crippen LogP contribution in [0.5, 0.6) is 0 Å². The molecule has 4 aromatic rings. The van der Waals surface area contributed by atoms with Gasteiger partial charge in [0.2, 0.25) is 0 Å². The number of aryl methyl sites for hydroxylation is 2. The lowest BCUT2D eigenvalue weighted by atomic mass is 10.1.